The summed E-state index contributed by atoms with van der Waals surface area (Å²) in [5, 5.41) is 24.0. The van der Waals surface area contributed by atoms with Gasteiger partial charge in [0.25, 0.3) is 11.8 Å². The Kier molecular flexibility index (Phi) is 12.1. The van der Waals surface area contributed by atoms with Crippen molar-refractivity contribution in [2.75, 3.05) is 32.8 Å². The van der Waals surface area contributed by atoms with E-state index in [4.69, 9.17) is 36.0 Å². The van der Waals surface area contributed by atoms with Gasteiger partial charge in [-0.25, -0.2) is 0 Å². The second kappa shape index (κ2) is 13.8. The number of oxime groups is 1. The van der Waals surface area contributed by atoms with Crippen LogP contribution in [0.4, 0.5) is 0 Å². The molecule has 0 aromatic carbocycles. The van der Waals surface area contributed by atoms with Gasteiger partial charge in [-0.15, -0.1) is 13.1 Å². The van der Waals surface area contributed by atoms with Crippen molar-refractivity contribution >= 4 is 29.5 Å². The van der Waals surface area contributed by atoms with Gasteiger partial charge < -0.3 is 46.2 Å². The largest absolute Gasteiger partial charge is 2.00 e. The first kappa shape index (κ1) is 32.4. The first-order valence-corrected chi connectivity index (χ1v) is 11.1. The summed E-state index contributed by atoms with van der Waals surface area (Å²) in [6, 6.07) is 0. The number of amides is 2. The number of aliphatic carboxylic acids is 2. The van der Waals surface area contributed by atoms with Crippen LogP contribution >= 0.6 is 0 Å². The Hall–Kier alpha value is -2.64. The average Bonchev–Trinajstić information content (AvgIpc) is 3.26. The van der Waals surface area contributed by atoms with Crippen LogP contribution in [0.3, 0.4) is 0 Å². The van der Waals surface area contributed by atoms with E-state index in [0.29, 0.717) is 5.70 Å². The maximum absolute atomic E-state index is 11.6. The van der Waals surface area contributed by atoms with Gasteiger partial charge in [0.15, 0.2) is 17.8 Å². The third-order valence-electron chi connectivity index (χ3n) is 5.60. The molecule has 1 saturated heterocycles. The fourth-order valence-corrected chi connectivity index (χ4v) is 3.64. The van der Waals surface area contributed by atoms with Gasteiger partial charge >= 0.3 is 33.0 Å². The molecule has 0 aromatic heterocycles. The smallest absolute Gasteiger partial charge is 0.675 e. The molecule has 2 atom stereocenters. The molecule has 0 unspecified atom stereocenters. The van der Waals surface area contributed by atoms with E-state index in [1.165, 1.54) is 11.0 Å². The SMILES string of the molecule is C=C1C=CC(=O)N1CCNC(=O)CON=C1CC(C(=O)O)(C(=O)O)C1.CC1(C)O[C@H](C[NH-])[C@@H](C[NH-])O1.[Pt+2]. The second-order valence-corrected chi connectivity index (χ2v) is 8.76. The molecule has 1 saturated carbocycles. The predicted molar refractivity (Wildman–Crippen MR) is 126 cm³/mol. The molecule has 2 fully saturated rings. The summed E-state index contributed by atoms with van der Waals surface area (Å²) in [4.78, 5) is 51.2. The molecule has 1 aliphatic carbocycles. The summed E-state index contributed by atoms with van der Waals surface area (Å²) >= 11 is 0. The minimum atomic E-state index is -1.86. The van der Waals surface area contributed by atoms with Crippen molar-refractivity contribution in [2.45, 2.75) is 44.7 Å². The molecule has 2 amide bonds. The molecule has 14 nitrogen and oxygen atoms in total. The van der Waals surface area contributed by atoms with Crippen LogP contribution in [0.2, 0.25) is 0 Å². The Morgan fingerprint density at radius 1 is 1.16 bits per heavy atom. The van der Waals surface area contributed by atoms with Crippen LogP contribution in [0.15, 0.2) is 29.6 Å². The van der Waals surface area contributed by atoms with Crippen LogP contribution in [-0.4, -0.2) is 95.4 Å². The summed E-state index contributed by atoms with van der Waals surface area (Å²) in [5.41, 5.74) is 13.2. The number of nitrogens with one attached hydrogen (secondary N) is 3. The molecular formula is C22H31N5O9Pt. The Bertz CT molecular complexity index is 897. The number of carboxylic acids is 2. The summed E-state index contributed by atoms with van der Waals surface area (Å²) in [6.45, 7) is 7.72. The first-order chi connectivity index (χ1) is 16.8. The summed E-state index contributed by atoms with van der Waals surface area (Å²) in [6.07, 6.45) is 2.01. The van der Waals surface area contributed by atoms with E-state index < -0.39 is 35.7 Å². The zero-order chi connectivity index (χ0) is 27.1. The molecule has 3 aliphatic rings. The van der Waals surface area contributed by atoms with Crippen molar-refractivity contribution in [3.63, 3.8) is 0 Å². The van der Waals surface area contributed by atoms with Gasteiger partial charge in [0.05, 0.1) is 17.9 Å². The summed E-state index contributed by atoms with van der Waals surface area (Å²) in [5.74, 6) is -4.13. The van der Waals surface area contributed by atoms with E-state index >= 15 is 0 Å². The first-order valence-electron chi connectivity index (χ1n) is 11.1. The minimum absolute atomic E-state index is 0. The van der Waals surface area contributed by atoms with E-state index in [9.17, 15) is 19.2 Å². The fourth-order valence-electron chi connectivity index (χ4n) is 3.64. The van der Waals surface area contributed by atoms with E-state index in [2.05, 4.69) is 17.1 Å². The van der Waals surface area contributed by atoms with Crippen LogP contribution in [0.25, 0.3) is 11.5 Å². The molecule has 15 heteroatoms. The molecule has 0 spiro atoms. The molecule has 37 heavy (non-hydrogen) atoms. The van der Waals surface area contributed by atoms with Crippen LogP contribution in [-0.2, 0) is 54.6 Å². The topological polar surface area (TPSA) is 212 Å². The van der Waals surface area contributed by atoms with Crippen molar-refractivity contribution in [1.29, 1.82) is 0 Å². The average molecular weight is 705 g/mol. The zero-order valence-electron chi connectivity index (χ0n) is 20.4. The molecule has 2 aliphatic heterocycles. The minimum Gasteiger partial charge on any atom is -0.675 e. The van der Waals surface area contributed by atoms with Crippen LogP contribution < -0.4 is 5.32 Å². The van der Waals surface area contributed by atoms with E-state index in [1.54, 1.807) is 6.08 Å². The van der Waals surface area contributed by atoms with Crippen molar-refractivity contribution in [2.24, 2.45) is 10.6 Å². The van der Waals surface area contributed by atoms with Crippen molar-refractivity contribution < 1.29 is 64.8 Å². The Morgan fingerprint density at radius 3 is 2.14 bits per heavy atom. The Morgan fingerprint density at radius 2 is 1.70 bits per heavy atom. The predicted octanol–water partition coefficient (Wildman–Crippen LogP) is 0.945. The third kappa shape index (κ3) is 8.44. The number of carbonyl (C=O) groups excluding carboxylic acids is 2. The number of nitrogens with zero attached hydrogens (tertiary/aromatic N) is 2. The quantitative estimate of drug-likeness (QED) is 0.218. The number of hydrogen-bond donors (Lipinski definition) is 3. The molecule has 0 bridgehead atoms. The molecule has 5 N–H and O–H groups in total. The van der Waals surface area contributed by atoms with Gasteiger partial charge in [-0.05, 0) is 19.9 Å². The number of carbonyl (C=O) groups is 4. The second-order valence-electron chi connectivity index (χ2n) is 8.76. The maximum Gasteiger partial charge on any atom is 2.00 e. The van der Waals surface area contributed by atoms with Crippen LogP contribution in [0.5, 0.6) is 0 Å². The monoisotopic (exact) mass is 704 g/mol. The number of hydrogen-bond acceptors (Lipinski definition) is 8. The van der Waals surface area contributed by atoms with Crippen molar-refractivity contribution in [3.8, 4) is 0 Å². The van der Waals surface area contributed by atoms with Gasteiger partial charge in [0.2, 0.25) is 0 Å². The maximum atomic E-state index is 11.6. The van der Waals surface area contributed by atoms with Gasteiger partial charge in [-0.1, -0.05) is 11.7 Å². The number of rotatable bonds is 10. The van der Waals surface area contributed by atoms with Crippen molar-refractivity contribution in [1.82, 2.24) is 10.2 Å². The van der Waals surface area contributed by atoms with Gasteiger partial charge in [-0.3, -0.25) is 19.2 Å². The zero-order valence-corrected chi connectivity index (χ0v) is 22.7. The van der Waals surface area contributed by atoms with E-state index in [-0.39, 0.29) is 83.9 Å². The molecule has 0 radical (unpaired) electrons. The number of ether oxygens (including phenoxy) is 2. The molecular weight excluding hydrogens is 673 g/mol. The number of allylic oxidation sites excluding steroid dienone is 1. The summed E-state index contributed by atoms with van der Waals surface area (Å²) < 4.78 is 10.7. The third-order valence-corrected chi connectivity index (χ3v) is 5.60. The van der Waals surface area contributed by atoms with Crippen LogP contribution in [0, 0.1) is 5.41 Å². The standard InChI is InChI=1S/C15H17N3O7.C7H14N2O2.Pt/c1-9-2-3-12(20)18(9)5-4-16-11(19)8-25-17-10-6-15(7-10,13(21)22)14(23)24;1-7(2)10-5(3-8)6(4-9)11-7;/h2-3H,1,4-8H2,(H,16,19)(H,21,22)(H,23,24);5-6,8-9H,3-4H2,1-2H3;/q;-2;+2/t;5-,6-;/m.1./s1. The van der Waals surface area contributed by atoms with Crippen LogP contribution in [0.1, 0.15) is 26.7 Å². The molecule has 2 heterocycles. The van der Waals surface area contributed by atoms with Gasteiger partial charge in [0.1, 0.15) is 0 Å². The normalized spacial score (nSPS) is 22.8. The van der Waals surface area contributed by atoms with E-state index in [1.807, 2.05) is 13.8 Å². The molecule has 208 valence electrons. The Balaban J connectivity index is 0.000000479. The van der Waals surface area contributed by atoms with E-state index in [0.717, 1.165) is 0 Å². The van der Waals surface area contributed by atoms with Gasteiger partial charge in [-0.2, -0.15) is 0 Å². The molecule has 3 rings (SSSR count). The fraction of sp³-hybridized carbons (Fsp3) is 0.591. The van der Waals surface area contributed by atoms with Crippen molar-refractivity contribution in [3.05, 3.63) is 35.9 Å². The molecule has 0 aromatic rings. The Labute approximate surface area is 228 Å². The van der Waals surface area contributed by atoms with Gasteiger partial charge in [0, 0.05) is 37.7 Å². The number of carboxylic acid groups (broad SMARTS) is 2. The summed E-state index contributed by atoms with van der Waals surface area (Å²) in [7, 11) is 0.